The maximum atomic E-state index is 2.45. The summed E-state index contributed by atoms with van der Waals surface area (Å²) in [7, 11) is 1.88. The lowest BCUT2D eigenvalue weighted by Gasteiger charge is -2.34. The fourth-order valence-electron chi connectivity index (χ4n) is 2.10. The van der Waals surface area contributed by atoms with E-state index in [1.807, 2.05) is 0 Å². The molecule has 0 aliphatic heterocycles. The molecular weight excluding hydrogens is 187 g/mol. The van der Waals surface area contributed by atoms with E-state index >= 15 is 0 Å². The zero-order valence-electron chi connectivity index (χ0n) is 9.42. The van der Waals surface area contributed by atoms with Crippen LogP contribution in [0.15, 0.2) is 35.2 Å². The summed E-state index contributed by atoms with van der Waals surface area (Å²) in [4.78, 5) is 1.56. The van der Waals surface area contributed by atoms with E-state index in [0.717, 1.165) is 0 Å². The van der Waals surface area contributed by atoms with Crippen molar-refractivity contribution in [2.45, 2.75) is 23.1 Å². The SMILES string of the molecule is BC1(CS(C)(C)c2ccccc2)CC1. The molecule has 0 N–H and O–H groups in total. The van der Waals surface area contributed by atoms with Crippen LogP contribution in [0.2, 0.25) is 5.31 Å². The summed E-state index contributed by atoms with van der Waals surface area (Å²) in [6.45, 7) is 0. The second-order valence-electron chi connectivity index (χ2n) is 5.31. The van der Waals surface area contributed by atoms with Crippen LogP contribution in [0.5, 0.6) is 0 Å². The maximum absolute atomic E-state index is 2.45. The van der Waals surface area contributed by atoms with Crippen LogP contribution < -0.4 is 0 Å². The van der Waals surface area contributed by atoms with Crippen LogP contribution in [-0.4, -0.2) is 26.1 Å². The fourth-order valence-corrected chi connectivity index (χ4v) is 5.19. The molecule has 0 amide bonds. The number of hydrogen-bond donors (Lipinski definition) is 0. The zero-order chi connectivity index (χ0) is 10.2. The summed E-state index contributed by atoms with van der Waals surface area (Å²) >= 11 is 0. The topological polar surface area (TPSA) is 0 Å². The van der Waals surface area contributed by atoms with Crippen molar-refractivity contribution < 1.29 is 0 Å². The van der Waals surface area contributed by atoms with E-state index in [2.05, 4.69) is 50.7 Å². The molecule has 0 radical (unpaired) electrons. The van der Waals surface area contributed by atoms with Gasteiger partial charge in [0.25, 0.3) is 0 Å². The van der Waals surface area contributed by atoms with Gasteiger partial charge < -0.3 is 0 Å². The second-order valence-corrected chi connectivity index (χ2v) is 9.14. The quantitative estimate of drug-likeness (QED) is 0.667. The Morgan fingerprint density at radius 3 is 2.29 bits per heavy atom. The molecule has 0 unspecified atom stereocenters. The smallest absolute Gasteiger partial charge is 0.110 e. The van der Waals surface area contributed by atoms with E-state index in [1.54, 1.807) is 4.90 Å². The molecule has 2 heteroatoms. The molecule has 14 heavy (non-hydrogen) atoms. The molecule has 0 heterocycles. The summed E-state index contributed by atoms with van der Waals surface area (Å²) in [5, 5.41) is 0.675. The third kappa shape index (κ3) is 2.17. The van der Waals surface area contributed by atoms with Crippen molar-refractivity contribution in [1.29, 1.82) is 0 Å². The van der Waals surface area contributed by atoms with Gasteiger partial charge in [-0.05, 0) is 23.2 Å². The zero-order valence-corrected chi connectivity index (χ0v) is 10.2. The number of rotatable bonds is 3. The summed E-state index contributed by atoms with van der Waals surface area (Å²) in [5.41, 5.74) is 0. The minimum absolute atomic E-state index is 0.555. The van der Waals surface area contributed by atoms with Crippen LogP contribution in [0.3, 0.4) is 0 Å². The van der Waals surface area contributed by atoms with Gasteiger partial charge in [-0.2, -0.15) is 0 Å². The number of hydrogen-bond acceptors (Lipinski definition) is 0. The molecule has 0 saturated heterocycles. The Morgan fingerprint density at radius 1 is 1.21 bits per heavy atom. The molecule has 1 saturated carbocycles. The summed E-state index contributed by atoms with van der Waals surface area (Å²) in [5.74, 6) is 1.41. The van der Waals surface area contributed by atoms with Gasteiger partial charge in [0.15, 0.2) is 0 Å². The van der Waals surface area contributed by atoms with Crippen molar-refractivity contribution in [3.05, 3.63) is 30.3 Å². The van der Waals surface area contributed by atoms with Gasteiger partial charge in [-0.3, -0.25) is 0 Å². The largest absolute Gasteiger partial charge is 0.221 e. The minimum atomic E-state index is -0.555. The fraction of sp³-hybridized carbons (Fsp3) is 0.500. The molecule has 1 aromatic rings. The monoisotopic (exact) mass is 206 g/mol. The first-order valence-electron chi connectivity index (χ1n) is 5.28. The molecule has 1 aliphatic carbocycles. The van der Waals surface area contributed by atoms with Gasteiger partial charge in [0.05, 0.1) is 0 Å². The van der Waals surface area contributed by atoms with Crippen molar-refractivity contribution >= 4 is 17.9 Å². The van der Waals surface area contributed by atoms with E-state index in [-0.39, 0.29) is 0 Å². The Morgan fingerprint density at radius 2 is 1.79 bits per heavy atom. The van der Waals surface area contributed by atoms with Gasteiger partial charge in [0.2, 0.25) is 0 Å². The van der Waals surface area contributed by atoms with Gasteiger partial charge in [-0.1, -0.05) is 48.5 Å². The van der Waals surface area contributed by atoms with Gasteiger partial charge in [-0.25, -0.2) is 10.0 Å². The first-order valence-corrected chi connectivity index (χ1v) is 7.90. The Kier molecular flexibility index (Phi) is 2.42. The molecule has 1 aliphatic rings. The normalized spacial score (nSPS) is 20.4. The summed E-state index contributed by atoms with van der Waals surface area (Å²) in [6.07, 6.45) is 7.78. The Labute approximate surface area is 89.8 Å². The summed E-state index contributed by atoms with van der Waals surface area (Å²) < 4.78 is 0. The molecule has 0 aromatic heterocycles. The minimum Gasteiger partial charge on any atom is -0.221 e. The predicted octanol–water partition coefficient (Wildman–Crippen LogP) is 2.70. The van der Waals surface area contributed by atoms with Gasteiger partial charge in [0.1, 0.15) is 7.85 Å². The van der Waals surface area contributed by atoms with Crippen molar-refractivity contribution in [2.75, 3.05) is 18.3 Å². The first-order chi connectivity index (χ1) is 6.52. The first kappa shape index (κ1) is 10.2. The number of benzene rings is 1. The third-order valence-electron chi connectivity index (χ3n) is 3.19. The maximum Gasteiger partial charge on any atom is 0.110 e. The van der Waals surface area contributed by atoms with E-state index < -0.39 is 10.0 Å². The van der Waals surface area contributed by atoms with Gasteiger partial charge in [-0.15, -0.1) is 0 Å². The predicted molar refractivity (Wildman–Crippen MR) is 69.5 cm³/mol. The average Bonchev–Trinajstić information content (AvgIpc) is 2.84. The van der Waals surface area contributed by atoms with Crippen molar-refractivity contribution in [2.24, 2.45) is 0 Å². The second kappa shape index (κ2) is 3.34. The highest BCUT2D eigenvalue weighted by molar-refractivity contribution is 8.32. The van der Waals surface area contributed by atoms with E-state index in [0.29, 0.717) is 5.31 Å². The Balaban J connectivity index is 2.15. The molecule has 2 rings (SSSR count). The average molecular weight is 206 g/mol. The lowest BCUT2D eigenvalue weighted by molar-refractivity contribution is 1.02. The van der Waals surface area contributed by atoms with Crippen LogP contribution in [-0.2, 0) is 0 Å². The lowest BCUT2D eigenvalue weighted by atomic mass is 9.86. The molecule has 0 spiro atoms. The van der Waals surface area contributed by atoms with E-state index in [4.69, 9.17) is 0 Å². The standard InChI is InChI=1S/C12H19BS/c1-14(2,10-12(13)8-9-12)11-6-4-3-5-7-11/h3-7H,8-10,13H2,1-2H3. The third-order valence-corrected chi connectivity index (χ3v) is 6.16. The van der Waals surface area contributed by atoms with Crippen molar-refractivity contribution in [1.82, 2.24) is 0 Å². The molecule has 1 aromatic carbocycles. The van der Waals surface area contributed by atoms with Gasteiger partial charge in [0, 0.05) is 0 Å². The molecule has 0 bridgehead atoms. The highest BCUT2D eigenvalue weighted by Gasteiger charge is 2.40. The van der Waals surface area contributed by atoms with Crippen molar-refractivity contribution in [3.63, 3.8) is 0 Å². The van der Waals surface area contributed by atoms with Crippen LogP contribution in [0.25, 0.3) is 0 Å². The molecule has 0 nitrogen and oxygen atoms in total. The van der Waals surface area contributed by atoms with E-state index in [9.17, 15) is 0 Å². The summed E-state index contributed by atoms with van der Waals surface area (Å²) in [6, 6.07) is 11.0. The van der Waals surface area contributed by atoms with E-state index in [1.165, 1.54) is 18.6 Å². The lowest BCUT2D eigenvalue weighted by Crippen LogP contribution is -2.09. The molecule has 0 atom stereocenters. The van der Waals surface area contributed by atoms with Crippen LogP contribution in [0.4, 0.5) is 0 Å². The van der Waals surface area contributed by atoms with Crippen LogP contribution in [0, 0.1) is 0 Å². The van der Waals surface area contributed by atoms with Gasteiger partial charge >= 0.3 is 0 Å². The Hall–Kier alpha value is -0.365. The molecule has 1 fully saturated rings. The Bertz CT molecular complexity index is 314. The highest BCUT2D eigenvalue weighted by atomic mass is 32.3. The van der Waals surface area contributed by atoms with Crippen molar-refractivity contribution in [3.8, 4) is 0 Å². The highest BCUT2D eigenvalue weighted by Crippen LogP contribution is 2.62. The molecule has 76 valence electrons. The van der Waals surface area contributed by atoms with Crippen LogP contribution in [0.1, 0.15) is 12.8 Å². The molecular formula is C12H19BS. The van der Waals surface area contributed by atoms with Crippen LogP contribution >= 0.6 is 10.0 Å².